The van der Waals surface area contributed by atoms with Crippen LogP contribution in [0.25, 0.3) is 0 Å². The Morgan fingerprint density at radius 3 is 2.08 bits per heavy atom. The topological polar surface area (TPSA) is 66.4 Å². The molecule has 4 nitrogen and oxygen atoms in total. The fourth-order valence-corrected chi connectivity index (χ4v) is 0.340. The molecule has 0 aromatic heterocycles. The molecule has 70 valence electrons. The molecule has 2 N–H and O–H groups in total. The number of rotatable bonds is 2. The van der Waals surface area contributed by atoms with Crippen molar-refractivity contribution in [2.24, 2.45) is 0 Å². The van der Waals surface area contributed by atoms with Crippen molar-refractivity contribution in [2.75, 3.05) is 0 Å². The monoisotopic (exact) mass is 185 g/mol. The third kappa shape index (κ3) is 3.22. The maximum absolute atomic E-state index is 11.5. The third-order valence-electron chi connectivity index (χ3n) is 0.975. The highest BCUT2D eigenvalue weighted by Gasteiger charge is 2.39. The van der Waals surface area contributed by atoms with Crippen LogP contribution in [-0.4, -0.2) is 29.2 Å². The molecule has 0 aliphatic rings. The quantitative estimate of drug-likeness (QED) is 0.642. The van der Waals surface area contributed by atoms with Crippen molar-refractivity contribution in [1.82, 2.24) is 5.32 Å². The number of alkyl halides is 3. The molecule has 1 amide bonds. The predicted molar refractivity (Wildman–Crippen MR) is 31.3 cm³/mol. The van der Waals surface area contributed by atoms with Crippen molar-refractivity contribution >= 4 is 11.9 Å². The Kier molecular flexibility index (Phi) is 3.06. The molecule has 0 unspecified atom stereocenters. The molecular formula is C5H6F3NO3. The van der Waals surface area contributed by atoms with Gasteiger partial charge in [0.25, 0.3) is 0 Å². The molecule has 1 atom stereocenters. The lowest BCUT2D eigenvalue weighted by Gasteiger charge is -2.10. The van der Waals surface area contributed by atoms with Crippen LogP contribution in [-0.2, 0) is 9.59 Å². The molecule has 0 saturated carbocycles. The Labute approximate surface area is 65.4 Å². The van der Waals surface area contributed by atoms with Gasteiger partial charge in [0.2, 0.25) is 0 Å². The van der Waals surface area contributed by atoms with E-state index in [0.29, 0.717) is 0 Å². The maximum atomic E-state index is 11.5. The van der Waals surface area contributed by atoms with Crippen molar-refractivity contribution in [3.8, 4) is 0 Å². The van der Waals surface area contributed by atoms with Gasteiger partial charge in [0.05, 0.1) is 0 Å². The molecule has 0 spiro atoms. The Bertz CT molecular complexity index is 201. The van der Waals surface area contributed by atoms with E-state index in [1.54, 1.807) is 0 Å². The average molecular weight is 185 g/mol. The smallest absolute Gasteiger partial charge is 0.471 e. The first-order chi connectivity index (χ1) is 5.25. The van der Waals surface area contributed by atoms with Crippen LogP contribution in [0.15, 0.2) is 0 Å². The largest absolute Gasteiger partial charge is 0.480 e. The van der Waals surface area contributed by atoms with Crippen LogP contribution in [0.2, 0.25) is 0 Å². The van der Waals surface area contributed by atoms with Crippen LogP contribution >= 0.6 is 0 Å². The van der Waals surface area contributed by atoms with Crippen molar-refractivity contribution < 1.29 is 27.9 Å². The van der Waals surface area contributed by atoms with Crippen LogP contribution in [0.3, 0.4) is 0 Å². The van der Waals surface area contributed by atoms with Gasteiger partial charge in [0.1, 0.15) is 6.04 Å². The molecule has 0 bridgehead atoms. The van der Waals surface area contributed by atoms with E-state index in [-0.39, 0.29) is 0 Å². The van der Waals surface area contributed by atoms with Crippen molar-refractivity contribution in [3.63, 3.8) is 0 Å². The maximum Gasteiger partial charge on any atom is 0.471 e. The van der Waals surface area contributed by atoms with Crippen molar-refractivity contribution in [1.29, 1.82) is 0 Å². The number of hydrogen-bond acceptors (Lipinski definition) is 2. The van der Waals surface area contributed by atoms with Crippen molar-refractivity contribution in [2.45, 2.75) is 19.1 Å². The summed E-state index contributed by atoms with van der Waals surface area (Å²) in [6, 6.07) is -1.54. The summed E-state index contributed by atoms with van der Waals surface area (Å²) in [5, 5.41) is 9.37. The van der Waals surface area contributed by atoms with E-state index in [1.165, 1.54) is 5.32 Å². The van der Waals surface area contributed by atoms with Gasteiger partial charge in [-0.05, 0) is 6.92 Å². The second kappa shape index (κ2) is 3.42. The zero-order valence-corrected chi connectivity index (χ0v) is 5.97. The lowest BCUT2D eigenvalue weighted by molar-refractivity contribution is -0.175. The molecule has 12 heavy (non-hydrogen) atoms. The van der Waals surface area contributed by atoms with Crippen LogP contribution in [0.1, 0.15) is 6.92 Å². The third-order valence-corrected chi connectivity index (χ3v) is 0.975. The van der Waals surface area contributed by atoms with E-state index < -0.39 is 24.1 Å². The number of hydrogen-bond donors (Lipinski definition) is 2. The summed E-state index contributed by atoms with van der Waals surface area (Å²) in [6.07, 6.45) is -5.04. The molecule has 7 heteroatoms. The Hall–Kier alpha value is -1.27. The number of nitrogens with one attached hydrogen (secondary N) is 1. The van der Waals surface area contributed by atoms with Gasteiger partial charge in [-0.2, -0.15) is 13.2 Å². The zero-order chi connectivity index (χ0) is 9.94. The minimum absolute atomic E-state index is 0.936. The van der Waals surface area contributed by atoms with E-state index in [1.807, 2.05) is 0 Å². The van der Waals surface area contributed by atoms with Gasteiger partial charge in [0, 0.05) is 0 Å². The highest BCUT2D eigenvalue weighted by molar-refractivity contribution is 5.86. The highest BCUT2D eigenvalue weighted by Crippen LogP contribution is 2.14. The standard InChI is InChI=1S/C5H6F3NO3/c1-2(3(10)11)9-4(12)5(6,7)8/h2H,1H3,(H,9,12)(H,10,11)/t2-/m1/s1. The summed E-state index contributed by atoms with van der Waals surface area (Å²) in [5.74, 6) is -3.77. The lowest BCUT2D eigenvalue weighted by Crippen LogP contribution is -2.45. The Morgan fingerprint density at radius 1 is 1.42 bits per heavy atom. The van der Waals surface area contributed by atoms with Crippen LogP contribution in [0.5, 0.6) is 0 Å². The summed E-state index contributed by atoms with van der Waals surface area (Å²) in [6.45, 7) is 0.936. The summed E-state index contributed by atoms with van der Waals surface area (Å²) >= 11 is 0. The molecule has 0 radical (unpaired) electrons. The first kappa shape index (κ1) is 10.7. The van der Waals surface area contributed by atoms with E-state index in [4.69, 9.17) is 5.11 Å². The molecule has 0 aromatic rings. The van der Waals surface area contributed by atoms with E-state index >= 15 is 0 Å². The molecule has 0 saturated heterocycles. The molecule has 0 aliphatic heterocycles. The first-order valence-corrected chi connectivity index (χ1v) is 2.85. The van der Waals surface area contributed by atoms with Crippen LogP contribution in [0, 0.1) is 0 Å². The van der Waals surface area contributed by atoms with Crippen LogP contribution in [0.4, 0.5) is 13.2 Å². The minimum atomic E-state index is -5.04. The average Bonchev–Trinajstić information content (AvgIpc) is 1.85. The number of amides is 1. The van der Waals surface area contributed by atoms with Gasteiger partial charge >= 0.3 is 18.1 Å². The van der Waals surface area contributed by atoms with E-state index in [2.05, 4.69) is 0 Å². The number of halogens is 3. The van der Waals surface area contributed by atoms with E-state index in [0.717, 1.165) is 6.92 Å². The summed E-state index contributed by atoms with van der Waals surface area (Å²) in [7, 11) is 0. The molecule has 0 aromatic carbocycles. The Balaban J connectivity index is 4.11. The zero-order valence-electron chi connectivity index (χ0n) is 5.97. The van der Waals surface area contributed by atoms with E-state index in [9.17, 15) is 22.8 Å². The fourth-order valence-electron chi connectivity index (χ4n) is 0.340. The lowest BCUT2D eigenvalue weighted by atomic mass is 10.3. The number of carboxylic acids is 1. The van der Waals surface area contributed by atoms with Crippen LogP contribution < -0.4 is 5.32 Å². The number of carboxylic acid groups (broad SMARTS) is 1. The molecule has 0 fully saturated rings. The van der Waals surface area contributed by atoms with Gasteiger partial charge in [-0.3, -0.25) is 9.59 Å². The SMILES string of the molecule is C[C@@H](NC(=O)C(F)(F)F)C(=O)O. The van der Waals surface area contributed by atoms with Crippen molar-refractivity contribution in [3.05, 3.63) is 0 Å². The van der Waals surface area contributed by atoms with Gasteiger partial charge in [-0.15, -0.1) is 0 Å². The number of carbonyl (C=O) groups is 2. The normalized spacial score (nSPS) is 13.7. The van der Waals surface area contributed by atoms with Gasteiger partial charge in [-0.25, -0.2) is 0 Å². The van der Waals surface area contributed by atoms with Gasteiger partial charge in [-0.1, -0.05) is 0 Å². The molecule has 0 aliphatic carbocycles. The second-order valence-corrected chi connectivity index (χ2v) is 2.03. The highest BCUT2D eigenvalue weighted by atomic mass is 19.4. The molecule has 0 heterocycles. The molecular weight excluding hydrogens is 179 g/mol. The Morgan fingerprint density at radius 2 is 1.83 bits per heavy atom. The number of carbonyl (C=O) groups excluding carboxylic acids is 1. The number of aliphatic carboxylic acids is 1. The fraction of sp³-hybridized carbons (Fsp3) is 0.600. The van der Waals surface area contributed by atoms with Gasteiger partial charge in [0.15, 0.2) is 0 Å². The predicted octanol–water partition coefficient (Wildman–Crippen LogP) is 0.138. The summed E-state index contributed by atoms with van der Waals surface area (Å²) in [4.78, 5) is 20.1. The minimum Gasteiger partial charge on any atom is -0.480 e. The van der Waals surface area contributed by atoms with Gasteiger partial charge < -0.3 is 10.4 Å². The molecule has 0 rings (SSSR count). The first-order valence-electron chi connectivity index (χ1n) is 2.85. The summed E-state index contributed by atoms with van der Waals surface area (Å²) < 4.78 is 34.4. The second-order valence-electron chi connectivity index (χ2n) is 2.03. The summed E-state index contributed by atoms with van der Waals surface area (Å²) in [5.41, 5.74) is 0.